The molecule has 1 saturated heterocycles. The van der Waals surface area contributed by atoms with E-state index < -0.39 is 0 Å². The number of Topliss-reactive ketones (excluding diaryl/α,β-unsaturated/α-hetero) is 2. The van der Waals surface area contributed by atoms with Gasteiger partial charge in [0.1, 0.15) is 11.6 Å². The van der Waals surface area contributed by atoms with Crippen LogP contribution in [0.15, 0.2) is 12.2 Å². The number of ketones is 2. The van der Waals surface area contributed by atoms with Crippen molar-refractivity contribution in [2.75, 3.05) is 13.1 Å². The van der Waals surface area contributed by atoms with Crippen molar-refractivity contribution in [3.63, 3.8) is 0 Å². The van der Waals surface area contributed by atoms with Gasteiger partial charge in [0.15, 0.2) is 0 Å². The lowest BCUT2D eigenvalue weighted by atomic mass is 9.44. The van der Waals surface area contributed by atoms with Crippen molar-refractivity contribution in [1.82, 2.24) is 5.32 Å². The lowest BCUT2D eigenvalue weighted by molar-refractivity contribution is -0.157. The standard InChI is InChI=1S/C24H35NO2.CH2O2/c1-23-9-7-15(3-4-16-13-25-14-16)11-20(23)21(26)12-17-18-5-6-22(27)24(18,2)10-8-19(17)23;2-1-3/h3-4,15-20,25H,5-14H2,1-2H3;1H,(H,2,3)/b4-3-;/t15-,17+,18+,19+,20?,23-,24+;/m1./s1. The predicted molar refractivity (Wildman–Crippen MR) is 115 cm³/mol. The van der Waals surface area contributed by atoms with Crippen molar-refractivity contribution in [3.8, 4) is 0 Å². The van der Waals surface area contributed by atoms with Crippen LogP contribution in [0.5, 0.6) is 0 Å². The third kappa shape index (κ3) is 3.47. The van der Waals surface area contributed by atoms with Crippen LogP contribution in [0.4, 0.5) is 0 Å². The molecule has 166 valence electrons. The van der Waals surface area contributed by atoms with Crippen LogP contribution in [0.25, 0.3) is 0 Å². The molecule has 0 radical (unpaired) electrons. The first kappa shape index (κ1) is 21.7. The molecular weight excluding hydrogens is 378 g/mol. The summed E-state index contributed by atoms with van der Waals surface area (Å²) in [7, 11) is 0. The molecule has 1 aliphatic heterocycles. The second kappa shape index (κ2) is 8.22. The fourth-order valence-electron chi connectivity index (χ4n) is 7.78. The topological polar surface area (TPSA) is 83.5 Å². The van der Waals surface area contributed by atoms with Gasteiger partial charge in [-0.2, -0.15) is 0 Å². The summed E-state index contributed by atoms with van der Waals surface area (Å²) in [5.74, 6) is 4.14. The first-order chi connectivity index (χ1) is 14.3. The highest BCUT2D eigenvalue weighted by atomic mass is 16.3. The third-order valence-corrected chi connectivity index (χ3v) is 9.68. The molecule has 1 heterocycles. The van der Waals surface area contributed by atoms with Crippen molar-refractivity contribution in [2.45, 2.75) is 65.2 Å². The van der Waals surface area contributed by atoms with E-state index in [1.165, 1.54) is 12.8 Å². The first-order valence-corrected chi connectivity index (χ1v) is 11.9. The fraction of sp³-hybridized carbons (Fsp3) is 0.800. The monoisotopic (exact) mass is 415 g/mol. The second-order valence-corrected chi connectivity index (χ2v) is 11.0. The number of hydrogen-bond acceptors (Lipinski definition) is 4. The zero-order chi connectivity index (χ0) is 21.5. The molecule has 0 spiro atoms. The molecule has 0 amide bonds. The fourth-order valence-corrected chi connectivity index (χ4v) is 7.78. The number of allylic oxidation sites excluding steroid dienone is 1. The van der Waals surface area contributed by atoms with Crippen LogP contribution in [-0.4, -0.2) is 36.2 Å². The zero-order valence-corrected chi connectivity index (χ0v) is 18.4. The number of carbonyl (C=O) groups is 3. The number of rotatable bonds is 2. The number of carboxylic acid groups (broad SMARTS) is 1. The summed E-state index contributed by atoms with van der Waals surface area (Å²) in [6, 6.07) is 0. The molecule has 0 aromatic rings. The maximum atomic E-state index is 13.3. The molecule has 7 atom stereocenters. The summed E-state index contributed by atoms with van der Waals surface area (Å²) in [5, 5.41) is 10.2. The summed E-state index contributed by atoms with van der Waals surface area (Å²) < 4.78 is 0. The predicted octanol–water partition coefficient (Wildman–Crippen LogP) is 3.87. The molecule has 0 bridgehead atoms. The van der Waals surface area contributed by atoms with Crippen molar-refractivity contribution in [1.29, 1.82) is 0 Å². The number of hydrogen-bond donors (Lipinski definition) is 2. The Morgan fingerprint density at radius 3 is 2.37 bits per heavy atom. The highest BCUT2D eigenvalue weighted by molar-refractivity contribution is 5.88. The van der Waals surface area contributed by atoms with Gasteiger partial charge in [-0.1, -0.05) is 26.0 Å². The quantitative estimate of drug-likeness (QED) is 0.528. The molecule has 30 heavy (non-hydrogen) atoms. The molecule has 5 heteroatoms. The minimum atomic E-state index is -0.250. The van der Waals surface area contributed by atoms with Crippen molar-refractivity contribution in [2.24, 2.45) is 46.3 Å². The Balaban J connectivity index is 0.000000687. The molecule has 5 nitrogen and oxygen atoms in total. The number of fused-ring (bicyclic) bond motifs is 5. The number of carbonyl (C=O) groups excluding carboxylic acids is 2. The van der Waals surface area contributed by atoms with Crippen LogP contribution in [0.2, 0.25) is 0 Å². The summed E-state index contributed by atoms with van der Waals surface area (Å²) in [5.41, 5.74) is 0.0523. The Hall–Kier alpha value is -1.49. The highest BCUT2D eigenvalue weighted by Gasteiger charge is 2.62. The number of nitrogens with one attached hydrogen (secondary N) is 1. The van der Waals surface area contributed by atoms with Crippen molar-refractivity contribution < 1.29 is 19.5 Å². The molecule has 0 aromatic heterocycles. The van der Waals surface area contributed by atoms with Gasteiger partial charge < -0.3 is 10.4 Å². The maximum absolute atomic E-state index is 13.3. The summed E-state index contributed by atoms with van der Waals surface area (Å²) >= 11 is 0. The van der Waals surface area contributed by atoms with Crippen molar-refractivity contribution >= 4 is 18.0 Å². The van der Waals surface area contributed by atoms with E-state index in [1.807, 2.05) is 0 Å². The Morgan fingerprint density at radius 1 is 1.00 bits per heavy atom. The Labute approximate surface area is 180 Å². The van der Waals surface area contributed by atoms with Gasteiger partial charge in [0.2, 0.25) is 0 Å². The maximum Gasteiger partial charge on any atom is 0.290 e. The van der Waals surface area contributed by atoms with E-state index in [2.05, 4.69) is 31.3 Å². The first-order valence-electron chi connectivity index (χ1n) is 11.9. The average Bonchev–Trinajstić information content (AvgIpc) is 2.97. The summed E-state index contributed by atoms with van der Waals surface area (Å²) in [4.78, 5) is 34.2. The minimum Gasteiger partial charge on any atom is -0.483 e. The molecule has 5 aliphatic rings. The average molecular weight is 416 g/mol. The largest absolute Gasteiger partial charge is 0.483 e. The van der Waals surface area contributed by atoms with Gasteiger partial charge >= 0.3 is 0 Å². The molecule has 5 rings (SSSR count). The zero-order valence-electron chi connectivity index (χ0n) is 18.4. The molecule has 0 aromatic carbocycles. The molecular formula is C25H37NO4. The molecule has 4 saturated carbocycles. The second-order valence-electron chi connectivity index (χ2n) is 11.0. The minimum absolute atomic E-state index is 0.124. The van der Waals surface area contributed by atoms with Gasteiger partial charge in [0, 0.05) is 43.2 Å². The van der Waals surface area contributed by atoms with Gasteiger partial charge in [-0.05, 0) is 67.6 Å². The van der Waals surface area contributed by atoms with Crippen LogP contribution in [0.3, 0.4) is 0 Å². The van der Waals surface area contributed by atoms with Crippen LogP contribution in [-0.2, 0) is 14.4 Å². The lowest BCUT2D eigenvalue weighted by Gasteiger charge is -2.59. The molecule has 5 fully saturated rings. The molecule has 2 N–H and O–H groups in total. The van der Waals surface area contributed by atoms with Crippen LogP contribution in [0, 0.1) is 46.3 Å². The Kier molecular flexibility index (Phi) is 5.95. The molecule has 1 unspecified atom stereocenters. The van der Waals surface area contributed by atoms with Crippen LogP contribution in [0.1, 0.15) is 65.2 Å². The van der Waals surface area contributed by atoms with E-state index in [4.69, 9.17) is 9.90 Å². The van der Waals surface area contributed by atoms with Gasteiger partial charge in [0.25, 0.3) is 6.47 Å². The SMILES string of the molecule is C[C@]12CC[C@@H](/C=C\C3CNC3)CC1C(=O)C[C@@H]1[C@@H]2CC[C@]2(C)C(=O)CC[C@@H]12.O=CO. The van der Waals surface area contributed by atoms with Gasteiger partial charge in [0.05, 0.1) is 0 Å². The lowest BCUT2D eigenvalue weighted by Crippen LogP contribution is -2.56. The van der Waals surface area contributed by atoms with E-state index in [9.17, 15) is 9.59 Å². The summed E-state index contributed by atoms with van der Waals surface area (Å²) in [6.07, 6.45) is 13.1. The van der Waals surface area contributed by atoms with E-state index >= 15 is 0 Å². The normalized spacial score (nSPS) is 45.6. The summed E-state index contributed by atoms with van der Waals surface area (Å²) in [6.45, 7) is 6.62. The van der Waals surface area contributed by atoms with Gasteiger partial charge in [-0.3, -0.25) is 14.4 Å². The van der Waals surface area contributed by atoms with E-state index in [0.29, 0.717) is 41.2 Å². The van der Waals surface area contributed by atoms with E-state index in [-0.39, 0.29) is 23.2 Å². The van der Waals surface area contributed by atoms with Crippen molar-refractivity contribution in [3.05, 3.63) is 12.2 Å². The van der Waals surface area contributed by atoms with E-state index in [1.54, 1.807) is 0 Å². The third-order valence-electron chi connectivity index (χ3n) is 9.68. The Bertz CT molecular complexity index is 729. The van der Waals surface area contributed by atoms with E-state index in [0.717, 1.165) is 51.6 Å². The smallest absolute Gasteiger partial charge is 0.290 e. The highest BCUT2D eigenvalue weighted by Crippen LogP contribution is 2.65. The van der Waals surface area contributed by atoms with Crippen LogP contribution < -0.4 is 5.32 Å². The van der Waals surface area contributed by atoms with Gasteiger partial charge in [-0.25, -0.2) is 0 Å². The van der Waals surface area contributed by atoms with Crippen LogP contribution >= 0.6 is 0 Å². The Morgan fingerprint density at radius 2 is 1.70 bits per heavy atom. The van der Waals surface area contributed by atoms with Gasteiger partial charge in [-0.15, -0.1) is 0 Å². The molecule has 4 aliphatic carbocycles.